The molecule has 222 valence electrons. The number of unbranched alkanes of at least 4 members (excludes halogenated alkanes) is 2. The van der Waals surface area contributed by atoms with Gasteiger partial charge < -0.3 is 9.47 Å². The summed E-state index contributed by atoms with van der Waals surface area (Å²) in [5.74, 6) is -0.636. The smallest absolute Gasteiger partial charge is 0.411 e. The summed E-state index contributed by atoms with van der Waals surface area (Å²) < 4.78 is 39.8. The SMILES string of the molecule is CCCCCN(CS(=O)(=O)N(CCC)CCC1=CC=CC(OCc2ccccc2)C1=O)C(=O)OCc1ccccc1. The van der Waals surface area contributed by atoms with Gasteiger partial charge in [-0.05, 0) is 42.0 Å². The van der Waals surface area contributed by atoms with Gasteiger partial charge in [0.1, 0.15) is 18.6 Å². The Labute approximate surface area is 244 Å². The van der Waals surface area contributed by atoms with Crippen molar-refractivity contribution in [1.82, 2.24) is 9.21 Å². The Balaban J connectivity index is 1.62. The van der Waals surface area contributed by atoms with Crippen LogP contribution in [0.3, 0.4) is 0 Å². The largest absolute Gasteiger partial charge is 0.445 e. The maximum atomic E-state index is 13.6. The van der Waals surface area contributed by atoms with Crippen molar-refractivity contribution < 1.29 is 27.5 Å². The van der Waals surface area contributed by atoms with Gasteiger partial charge in [-0.1, -0.05) is 99.5 Å². The summed E-state index contributed by atoms with van der Waals surface area (Å²) in [7, 11) is -3.86. The molecule has 2 aromatic rings. The van der Waals surface area contributed by atoms with Crippen LogP contribution in [0.2, 0.25) is 0 Å². The fourth-order valence-electron chi connectivity index (χ4n) is 4.46. The third kappa shape index (κ3) is 10.6. The molecule has 1 atom stereocenters. The summed E-state index contributed by atoms with van der Waals surface area (Å²) in [5.41, 5.74) is 2.31. The van der Waals surface area contributed by atoms with Crippen LogP contribution in [0.1, 0.15) is 57.1 Å². The molecule has 3 rings (SSSR count). The molecular formula is C32H42N2O6S. The van der Waals surface area contributed by atoms with Crippen molar-refractivity contribution in [3.63, 3.8) is 0 Å². The quantitative estimate of drug-likeness (QED) is 0.217. The first kappa shape index (κ1) is 32.2. The molecule has 0 saturated carbocycles. The van der Waals surface area contributed by atoms with Gasteiger partial charge in [0, 0.05) is 19.6 Å². The van der Waals surface area contributed by atoms with Gasteiger partial charge in [0.2, 0.25) is 10.0 Å². The lowest BCUT2D eigenvalue weighted by molar-refractivity contribution is -0.124. The van der Waals surface area contributed by atoms with Crippen LogP contribution in [0.15, 0.2) is 84.5 Å². The highest BCUT2D eigenvalue weighted by atomic mass is 32.2. The molecule has 0 N–H and O–H groups in total. The van der Waals surface area contributed by atoms with Crippen LogP contribution in [0, 0.1) is 0 Å². The molecule has 0 bridgehead atoms. The molecule has 0 aliphatic heterocycles. The second kappa shape index (κ2) is 16.9. The van der Waals surface area contributed by atoms with Crippen molar-refractivity contribution in [1.29, 1.82) is 0 Å². The third-order valence-electron chi connectivity index (χ3n) is 6.74. The summed E-state index contributed by atoms with van der Waals surface area (Å²) in [6, 6.07) is 18.9. The summed E-state index contributed by atoms with van der Waals surface area (Å²) >= 11 is 0. The van der Waals surface area contributed by atoms with Crippen molar-refractivity contribution in [3.8, 4) is 0 Å². The van der Waals surface area contributed by atoms with Gasteiger partial charge in [-0.15, -0.1) is 0 Å². The average Bonchev–Trinajstić information content (AvgIpc) is 2.98. The van der Waals surface area contributed by atoms with Crippen LogP contribution in [-0.2, 0) is 37.5 Å². The zero-order valence-corrected chi connectivity index (χ0v) is 24.9. The van der Waals surface area contributed by atoms with Crippen LogP contribution >= 0.6 is 0 Å². The Morgan fingerprint density at radius 2 is 1.51 bits per heavy atom. The molecule has 0 aromatic heterocycles. The van der Waals surface area contributed by atoms with E-state index < -0.39 is 28.1 Å². The maximum absolute atomic E-state index is 13.6. The maximum Gasteiger partial charge on any atom is 0.411 e. The van der Waals surface area contributed by atoms with Crippen molar-refractivity contribution in [2.75, 3.05) is 25.5 Å². The fraction of sp³-hybridized carbons (Fsp3) is 0.438. The number of allylic oxidation sites excluding steroid dienone is 2. The first-order chi connectivity index (χ1) is 19.8. The number of carbonyl (C=O) groups is 2. The van der Waals surface area contributed by atoms with Crippen LogP contribution in [0.25, 0.3) is 0 Å². The molecule has 0 heterocycles. The number of hydrogen-bond donors (Lipinski definition) is 0. The van der Waals surface area contributed by atoms with Crippen molar-refractivity contribution in [2.24, 2.45) is 0 Å². The van der Waals surface area contributed by atoms with E-state index in [0.717, 1.165) is 24.0 Å². The van der Waals surface area contributed by atoms with E-state index in [1.54, 1.807) is 18.2 Å². The number of nitrogens with zero attached hydrogens (tertiary/aromatic N) is 2. The van der Waals surface area contributed by atoms with E-state index in [9.17, 15) is 18.0 Å². The van der Waals surface area contributed by atoms with Crippen molar-refractivity contribution >= 4 is 21.9 Å². The minimum absolute atomic E-state index is 0.0694. The molecule has 1 amide bonds. The predicted octanol–water partition coefficient (Wildman–Crippen LogP) is 5.86. The Morgan fingerprint density at radius 1 is 0.854 bits per heavy atom. The van der Waals surface area contributed by atoms with E-state index in [-0.39, 0.29) is 38.4 Å². The minimum atomic E-state index is -3.86. The lowest BCUT2D eigenvalue weighted by atomic mass is 9.98. The molecule has 0 spiro atoms. The summed E-state index contributed by atoms with van der Waals surface area (Å²) in [5, 5.41) is 0. The second-order valence-electron chi connectivity index (χ2n) is 10.1. The number of hydrogen-bond acceptors (Lipinski definition) is 6. The number of amides is 1. The fourth-order valence-corrected chi connectivity index (χ4v) is 6.08. The van der Waals surface area contributed by atoms with Gasteiger partial charge in [-0.3, -0.25) is 9.69 Å². The molecule has 41 heavy (non-hydrogen) atoms. The summed E-state index contributed by atoms with van der Waals surface area (Å²) in [4.78, 5) is 27.3. The number of benzene rings is 2. The highest BCUT2D eigenvalue weighted by molar-refractivity contribution is 7.89. The summed E-state index contributed by atoms with van der Waals surface area (Å²) in [6.45, 7) is 5.03. The van der Waals surface area contributed by atoms with E-state index in [4.69, 9.17) is 9.47 Å². The first-order valence-corrected chi connectivity index (χ1v) is 16.0. The molecule has 1 aliphatic carbocycles. The molecule has 0 fully saturated rings. The Kier molecular flexibility index (Phi) is 13.3. The lowest BCUT2D eigenvalue weighted by Crippen LogP contribution is -2.44. The topological polar surface area (TPSA) is 93.2 Å². The van der Waals surface area contributed by atoms with Gasteiger partial charge in [-0.25, -0.2) is 17.5 Å². The molecule has 1 unspecified atom stereocenters. The monoisotopic (exact) mass is 582 g/mol. The Bertz CT molecular complexity index is 1260. The Hall–Kier alpha value is -3.27. The molecular weight excluding hydrogens is 540 g/mol. The number of Topliss-reactive ketones (excluding diaryl/α,β-unsaturated/α-hetero) is 1. The van der Waals surface area contributed by atoms with Gasteiger partial charge >= 0.3 is 6.09 Å². The molecule has 2 aromatic carbocycles. The van der Waals surface area contributed by atoms with Crippen LogP contribution in [-0.4, -0.2) is 61.1 Å². The first-order valence-electron chi connectivity index (χ1n) is 14.3. The predicted molar refractivity (Wildman–Crippen MR) is 160 cm³/mol. The van der Waals surface area contributed by atoms with Gasteiger partial charge in [0.05, 0.1) is 6.61 Å². The van der Waals surface area contributed by atoms with Crippen LogP contribution < -0.4 is 0 Å². The number of ketones is 1. The molecule has 9 heteroatoms. The Morgan fingerprint density at radius 3 is 2.15 bits per heavy atom. The standard InChI is InChI=1S/C32H42N2O6S/c1-3-5-12-22-33(32(36)40-25-28-16-10-7-11-17-28)26-41(37,38)34(21-4-2)23-20-29-18-13-19-30(31(29)35)39-24-27-14-8-6-9-15-27/h6-11,13-19,30H,3-5,12,20-26H2,1-2H3. The third-order valence-corrected chi connectivity index (χ3v) is 8.53. The number of rotatable bonds is 17. The van der Waals surface area contributed by atoms with E-state index in [2.05, 4.69) is 0 Å². The van der Waals surface area contributed by atoms with Crippen LogP contribution in [0.5, 0.6) is 0 Å². The molecule has 1 aliphatic rings. The summed E-state index contributed by atoms with van der Waals surface area (Å²) in [6.07, 6.45) is 7.20. The van der Waals surface area contributed by atoms with Gasteiger partial charge in [-0.2, -0.15) is 0 Å². The second-order valence-corrected chi connectivity index (χ2v) is 12.0. The molecule has 0 radical (unpaired) electrons. The number of carbonyl (C=O) groups excluding carboxylic acids is 2. The molecule has 8 nitrogen and oxygen atoms in total. The van der Waals surface area contributed by atoms with Gasteiger partial charge in [0.15, 0.2) is 5.78 Å². The van der Waals surface area contributed by atoms with E-state index in [1.807, 2.05) is 74.5 Å². The average molecular weight is 583 g/mol. The lowest BCUT2D eigenvalue weighted by Gasteiger charge is -2.28. The van der Waals surface area contributed by atoms with E-state index >= 15 is 0 Å². The van der Waals surface area contributed by atoms with E-state index in [0.29, 0.717) is 25.0 Å². The zero-order chi connectivity index (χ0) is 29.5. The van der Waals surface area contributed by atoms with Crippen LogP contribution in [0.4, 0.5) is 4.79 Å². The number of sulfonamides is 1. The normalized spacial score (nSPS) is 15.1. The minimum Gasteiger partial charge on any atom is -0.445 e. The highest BCUT2D eigenvalue weighted by Crippen LogP contribution is 2.19. The highest BCUT2D eigenvalue weighted by Gasteiger charge is 2.29. The van der Waals surface area contributed by atoms with E-state index in [1.165, 1.54) is 9.21 Å². The van der Waals surface area contributed by atoms with Gasteiger partial charge in [0.25, 0.3) is 0 Å². The molecule has 0 saturated heterocycles. The van der Waals surface area contributed by atoms with Crippen molar-refractivity contribution in [3.05, 3.63) is 95.6 Å². The number of ether oxygens (including phenoxy) is 2. The van der Waals surface area contributed by atoms with Crippen molar-refractivity contribution in [2.45, 2.75) is 65.3 Å². The zero-order valence-electron chi connectivity index (χ0n) is 24.1.